The minimum absolute atomic E-state index is 0.0640. The zero-order valence-corrected chi connectivity index (χ0v) is 13.8. The maximum absolute atomic E-state index is 14.6. The predicted octanol–water partition coefficient (Wildman–Crippen LogP) is 3.61. The number of anilines is 1. The van der Waals surface area contributed by atoms with Crippen LogP contribution in [0.3, 0.4) is 0 Å². The second-order valence-corrected chi connectivity index (χ2v) is 5.71. The van der Waals surface area contributed by atoms with Gasteiger partial charge in [0.05, 0.1) is 23.5 Å². The van der Waals surface area contributed by atoms with Gasteiger partial charge in [-0.2, -0.15) is 0 Å². The highest BCUT2D eigenvalue weighted by molar-refractivity contribution is 6.38. The molecule has 0 aromatic heterocycles. The zero-order valence-electron chi connectivity index (χ0n) is 16.1. The first kappa shape index (κ1) is 13.0. The molecule has 2 aromatic rings. The van der Waals surface area contributed by atoms with Gasteiger partial charge >= 0.3 is 0 Å². The quantitative estimate of drug-likeness (QED) is 0.828. The lowest BCUT2D eigenvalue weighted by Gasteiger charge is -2.20. The van der Waals surface area contributed by atoms with Crippen molar-refractivity contribution in [1.82, 2.24) is 0 Å². The summed E-state index contributed by atoms with van der Waals surface area (Å²) in [7, 11) is 1.44. The van der Waals surface area contributed by atoms with E-state index in [0.29, 0.717) is 16.2 Å². The number of amides is 1. The Morgan fingerprint density at radius 1 is 1.38 bits per heavy atom. The summed E-state index contributed by atoms with van der Waals surface area (Å²) < 4.78 is 42.9. The Bertz CT molecular complexity index is 960. The van der Waals surface area contributed by atoms with Crippen molar-refractivity contribution in [2.45, 2.75) is 6.92 Å². The van der Waals surface area contributed by atoms with Crippen LogP contribution in [0.4, 0.5) is 10.1 Å². The number of benzodiazepines with no additional fused rings is 1. The van der Waals surface area contributed by atoms with Crippen molar-refractivity contribution in [1.29, 1.82) is 0 Å². The molecule has 0 bridgehead atoms. The second-order valence-electron chi connectivity index (χ2n) is 5.33. The number of carbonyl (C=O) groups is 1. The SMILES string of the molecule is [3H]C([3H])([3H])N1C(=O)CN=C(c2cc(OC)ccc2F)c2c1ccc(C)c2Cl. The molecule has 0 spiro atoms. The number of hydrogen-bond donors (Lipinski definition) is 0. The summed E-state index contributed by atoms with van der Waals surface area (Å²) in [5, 5.41) is 0.206. The molecule has 0 atom stereocenters. The standard InChI is InChI=1S/C18H16ClFN2O2/c1-10-4-7-14-16(17(10)19)18(21-9-15(23)22(14)2)12-8-11(24-3)5-6-13(12)20/h4-8H,9H2,1-3H3/i2T3. The third-order valence-corrected chi connectivity index (χ3v) is 4.33. The van der Waals surface area contributed by atoms with E-state index in [9.17, 15) is 9.18 Å². The first-order chi connectivity index (χ1) is 12.6. The minimum atomic E-state index is -2.73. The largest absolute Gasteiger partial charge is 0.497 e. The third kappa shape index (κ3) is 2.65. The molecule has 0 aliphatic carbocycles. The highest BCUT2D eigenvalue weighted by Crippen LogP contribution is 2.35. The predicted molar refractivity (Wildman–Crippen MR) is 93.1 cm³/mol. The molecule has 0 N–H and O–H groups in total. The number of rotatable bonds is 2. The number of aryl methyl sites for hydroxylation is 1. The summed E-state index contributed by atoms with van der Waals surface area (Å²) in [6.45, 7) is -1.45. The van der Waals surface area contributed by atoms with E-state index in [1.165, 1.54) is 31.4 Å². The van der Waals surface area contributed by atoms with Gasteiger partial charge in [-0.1, -0.05) is 17.7 Å². The normalized spacial score (nSPS) is 16.5. The van der Waals surface area contributed by atoms with E-state index < -0.39 is 25.2 Å². The Morgan fingerprint density at radius 3 is 2.88 bits per heavy atom. The molecule has 3 rings (SSSR count). The fourth-order valence-electron chi connectivity index (χ4n) is 2.55. The lowest BCUT2D eigenvalue weighted by molar-refractivity contribution is -0.116. The summed E-state index contributed by atoms with van der Waals surface area (Å²) in [5.41, 5.74) is 1.09. The number of aliphatic imine (C=N–C) groups is 1. The summed E-state index contributed by atoms with van der Waals surface area (Å²) in [5.74, 6) is -0.926. The van der Waals surface area contributed by atoms with Crippen LogP contribution in [0.15, 0.2) is 35.3 Å². The van der Waals surface area contributed by atoms with Gasteiger partial charge in [-0.15, -0.1) is 0 Å². The molecule has 6 heteroatoms. The van der Waals surface area contributed by atoms with Crippen LogP contribution < -0.4 is 9.64 Å². The van der Waals surface area contributed by atoms with Gasteiger partial charge in [0.15, 0.2) is 0 Å². The van der Waals surface area contributed by atoms with Crippen molar-refractivity contribution in [2.75, 3.05) is 25.5 Å². The zero-order chi connectivity index (χ0) is 19.9. The van der Waals surface area contributed by atoms with Gasteiger partial charge in [-0.25, -0.2) is 4.39 Å². The molecule has 0 radical (unpaired) electrons. The van der Waals surface area contributed by atoms with Crippen molar-refractivity contribution < 1.29 is 18.0 Å². The summed E-state index contributed by atoms with van der Waals surface area (Å²) in [6.07, 6.45) is 0. The number of fused-ring (bicyclic) bond motifs is 1. The maximum atomic E-state index is 14.6. The molecule has 0 fully saturated rings. The molecule has 1 aliphatic heterocycles. The minimum Gasteiger partial charge on any atom is -0.497 e. The van der Waals surface area contributed by atoms with Gasteiger partial charge in [0.2, 0.25) is 5.91 Å². The molecule has 0 unspecified atom stereocenters. The molecule has 0 saturated heterocycles. The molecule has 124 valence electrons. The first-order valence-corrected chi connectivity index (χ1v) is 7.54. The third-order valence-electron chi connectivity index (χ3n) is 3.84. The maximum Gasteiger partial charge on any atom is 0.248 e. The van der Waals surface area contributed by atoms with Crippen molar-refractivity contribution in [3.8, 4) is 5.75 Å². The van der Waals surface area contributed by atoms with Crippen molar-refractivity contribution in [3.05, 3.63) is 57.9 Å². The van der Waals surface area contributed by atoms with E-state index in [-0.39, 0.29) is 27.5 Å². The molecule has 1 aliphatic rings. The molecule has 4 nitrogen and oxygen atoms in total. The van der Waals surface area contributed by atoms with E-state index in [2.05, 4.69) is 4.99 Å². The fraction of sp³-hybridized carbons (Fsp3) is 0.222. The van der Waals surface area contributed by atoms with Crippen LogP contribution in [0.25, 0.3) is 0 Å². The Balaban J connectivity index is 2.35. The van der Waals surface area contributed by atoms with E-state index in [4.69, 9.17) is 20.5 Å². The summed E-state index contributed by atoms with van der Waals surface area (Å²) in [6, 6.07) is 7.20. The first-order valence-electron chi connectivity index (χ1n) is 8.66. The lowest BCUT2D eigenvalue weighted by atomic mass is 9.97. The average molecular weight is 353 g/mol. The number of carbonyl (C=O) groups excluding carboxylic acids is 1. The Labute approximate surface area is 148 Å². The highest BCUT2D eigenvalue weighted by atomic mass is 35.5. The smallest absolute Gasteiger partial charge is 0.248 e. The molecule has 1 amide bonds. The van der Waals surface area contributed by atoms with E-state index in [1.54, 1.807) is 13.0 Å². The van der Waals surface area contributed by atoms with Crippen LogP contribution in [0.5, 0.6) is 5.75 Å². The number of likely N-dealkylation sites (N-methyl/N-ethyl adjacent to an activating group) is 1. The molecule has 1 heterocycles. The lowest BCUT2D eigenvalue weighted by Crippen LogP contribution is -2.27. The van der Waals surface area contributed by atoms with Gasteiger partial charge in [0.25, 0.3) is 0 Å². The molecule has 24 heavy (non-hydrogen) atoms. The Morgan fingerprint density at radius 2 is 2.17 bits per heavy atom. The molecule has 2 aromatic carbocycles. The topological polar surface area (TPSA) is 41.9 Å². The number of halogens is 2. The monoisotopic (exact) mass is 352 g/mol. The van der Waals surface area contributed by atoms with Gasteiger partial charge < -0.3 is 9.64 Å². The van der Waals surface area contributed by atoms with Gasteiger partial charge in [0.1, 0.15) is 18.1 Å². The van der Waals surface area contributed by atoms with E-state index in [1.807, 2.05) is 0 Å². The van der Waals surface area contributed by atoms with Crippen LogP contribution in [0, 0.1) is 12.7 Å². The summed E-state index contributed by atoms with van der Waals surface area (Å²) in [4.78, 5) is 17.4. The number of ether oxygens (including phenoxy) is 1. The number of nitrogens with zero attached hydrogens (tertiary/aromatic N) is 2. The fourth-order valence-corrected chi connectivity index (χ4v) is 2.79. The molecular weight excluding hydrogens is 331 g/mol. The van der Waals surface area contributed by atoms with Crippen molar-refractivity contribution >= 4 is 28.9 Å². The van der Waals surface area contributed by atoms with Crippen LogP contribution >= 0.6 is 11.6 Å². The Hall–Kier alpha value is -2.40. The van der Waals surface area contributed by atoms with Gasteiger partial charge in [-0.3, -0.25) is 9.79 Å². The average Bonchev–Trinajstić information content (AvgIpc) is 2.75. The van der Waals surface area contributed by atoms with Crippen LogP contribution in [-0.2, 0) is 4.79 Å². The second kappa shape index (κ2) is 6.24. The van der Waals surface area contributed by atoms with Gasteiger partial charge in [0, 0.05) is 22.2 Å². The van der Waals surface area contributed by atoms with Crippen LogP contribution in [0.2, 0.25) is 5.02 Å². The Kier molecular flexibility index (Phi) is 3.37. The van der Waals surface area contributed by atoms with E-state index >= 15 is 0 Å². The van der Waals surface area contributed by atoms with E-state index in [0.717, 1.165) is 0 Å². The van der Waals surface area contributed by atoms with Gasteiger partial charge in [-0.05, 0) is 36.8 Å². The van der Waals surface area contributed by atoms with Crippen LogP contribution in [0.1, 0.15) is 20.8 Å². The summed E-state index contributed by atoms with van der Waals surface area (Å²) >= 11 is 6.46. The number of methoxy groups -OCH3 is 1. The molecule has 0 saturated carbocycles. The van der Waals surface area contributed by atoms with Crippen LogP contribution in [-0.4, -0.2) is 32.2 Å². The highest BCUT2D eigenvalue weighted by Gasteiger charge is 2.27. The number of benzene rings is 2. The van der Waals surface area contributed by atoms with Crippen molar-refractivity contribution in [2.24, 2.45) is 4.99 Å². The molecular formula is C18H16ClFN2O2. The number of hydrogen-bond acceptors (Lipinski definition) is 3. The van der Waals surface area contributed by atoms with Crippen molar-refractivity contribution in [3.63, 3.8) is 0 Å².